The third-order valence-electron chi connectivity index (χ3n) is 4.17. The van der Waals surface area contributed by atoms with Crippen LogP contribution in [0.3, 0.4) is 0 Å². The molecule has 1 aromatic carbocycles. The third kappa shape index (κ3) is 3.86. The summed E-state index contributed by atoms with van der Waals surface area (Å²) in [4.78, 5) is 30.4. The van der Waals surface area contributed by atoms with Gasteiger partial charge in [-0.2, -0.15) is 5.10 Å². The van der Waals surface area contributed by atoms with Crippen LogP contribution in [-0.2, 0) is 16.0 Å². The van der Waals surface area contributed by atoms with Crippen LogP contribution in [0.2, 0.25) is 5.02 Å². The highest BCUT2D eigenvalue weighted by atomic mass is 35.5. The molecule has 3 heterocycles. The van der Waals surface area contributed by atoms with Crippen molar-refractivity contribution < 1.29 is 9.59 Å². The van der Waals surface area contributed by atoms with Gasteiger partial charge in [-0.1, -0.05) is 11.6 Å². The lowest BCUT2D eigenvalue weighted by molar-refractivity contribution is -0.117. The Labute approximate surface area is 164 Å². The van der Waals surface area contributed by atoms with Crippen molar-refractivity contribution >= 4 is 45.6 Å². The first-order valence-electron chi connectivity index (χ1n) is 8.44. The van der Waals surface area contributed by atoms with Crippen LogP contribution in [0.1, 0.15) is 18.5 Å². The number of hydrogen-bond donors (Lipinski definition) is 1. The topological polar surface area (TPSA) is 80.1 Å². The predicted octanol–water partition coefficient (Wildman–Crippen LogP) is 3.29. The highest BCUT2D eigenvalue weighted by molar-refractivity contribution is 7.14. The van der Waals surface area contributed by atoms with E-state index >= 15 is 0 Å². The Bertz CT molecular complexity index is 986. The molecule has 3 aromatic rings. The third-order valence-corrected chi connectivity index (χ3v) is 5.32. The molecule has 1 saturated heterocycles. The molecule has 0 aliphatic carbocycles. The number of carbonyl (C=O) groups is 2. The first-order chi connectivity index (χ1) is 13.1. The Morgan fingerprint density at radius 3 is 3.00 bits per heavy atom. The van der Waals surface area contributed by atoms with Gasteiger partial charge >= 0.3 is 0 Å². The number of rotatable bonds is 5. The van der Waals surface area contributed by atoms with Crippen LogP contribution in [0.15, 0.2) is 42.0 Å². The molecule has 0 unspecified atom stereocenters. The van der Waals surface area contributed by atoms with Crippen LogP contribution in [0.25, 0.3) is 5.69 Å². The average Bonchev–Trinajstić information content (AvgIpc) is 3.36. The van der Waals surface area contributed by atoms with Crippen molar-refractivity contribution in [3.8, 4) is 5.69 Å². The monoisotopic (exact) mass is 401 g/mol. The quantitative estimate of drug-likeness (QED) is 0.711. The van der Waals surface area contributed by atoms with Gasteiger partial charge in [0.25, 0.3) is 0 Å². The molecule has 1 aliphatic rings. The van der Waals surface area contributed by atoms with E-state index in [0.717, 1.165) is 12.1 Å². The Morgan fingerprint density at radius 2 is 2.26 bits per heavy atom. The Balaban J connectivity index is 1.48. The van der Waals surface area contributed by atoms with Crippen molar-refractivity contribution in [2.75, 3.05) is 16.8 Å². The van der Waals surface area contributed by atoms with Crippen molar-refractivity contribution in [3.05, 3.63) is 52.8 Å². The van der Waals surface area contributed by atoms with Crippen LogP contribution in [0, 0.1) is 0 Å². The molecule has 7 nitrogen and oxygen atoms in total. The van der Waals surface area contributed by atoms with Gasteiger partial charge in [0, 0.05) is 35.8 Å². The molecule has 138 valence electrons. The van der Waals surface area contributed by atoms with E-state index in [0.29, 0.717) is 34.5 Å². The van der Waals surface area contributed by atoms with Gasteiger partial charge in [0.1, 0.15) is 0 Å². The van der Waals surface area contributed by atoms with Crippen LogP contribution in [0.5, 0.6) is 0 Å². The largest absolute Gasteiger partial charge is 0.324 e. The summed E-state index contributed by atoms with van der Waals surface area (Å²) in [5, 5.41) is 10.1. The summed E-state index contributed by atoms with van der Waals surface area (Å²) in [5.41, 5.74) is 1.93. The molecule has 0 radical (unpaired) electrons. The molecule has 1 N–H and O–H groups in total. The zero-order valence-corrected chi connectivity index (χ0v) is 15.8. The molecule has 1 fully saturated rings. The van der Waals surface area contributed by atoms with Gasteiger partial charge in [-0.25, -0.2) is 9.67 Å². The van der Waals surface area contributed by atoms with Crippen molar-refractivity contribution in [1.82, 2.24) is 14.8 Å². The normalized spacial score (nSPS) is 14.0. The number of carbonyl (C=O) groups excluding carboxylic acids is 2. The summed E-state index contributed by atoms with van der Waals surface area (Å²) in [7, 11) is 0. The van der Waals surface area contributed by atoms with Gasteiger partial charge in [-0.15, -0.1) is 11.3 Å². The number of amides is 2. The Morgan fingerprint density at radius 1 is 1.37 bits per heavy atom. The van der Waals surface area contributed by atoms with E-state index in [2.05, 4.69) is 15.4 Å². The van der Waals surface area contributed by atoms with Gasteiger partial charge in [-0.05, 0) is 30.7 Å². The minimum absolute atomic E-state index is 0.0862. The number of halogens is 1. The van der Waals surface area contributed by atoms with Crippen molar-refractivity contribution in [2.45, 2.75) is 19.3 Å². The molecular weight excluding hydrogens is 386 g/mol. The molecule has 0 bridgehead atoms. The fraction of sp³-hybridized carbons (Fsp3) is 0.222. The second-order valence-electron chi connectivity index (χ2n) is 6.11. The van der Waals surface area contributed by atoms with Gasteiger partial charge in [0.2, 0.25) is 11.8 Å². The molecule has 2 aromatic heterocycles. The molecule has 4 rings (SSSR count). The average molecular weight is 402 g/mol. The summed E-state index contributed by atoms with van der Waals surface area (Å²) >= 11 is 7.46. The van der Waals surface area contributed by atoms with Gasteiger partial charge in [-0.3, -0.25) is 14.5 Å². The Hall–Kier alpha value is -2.71. The minimum Gasteiger partial charge on any atom is -0.324 e. The summed E-state index contributed by atoms with van der Waals surface area (Å²) in [6.07, 6.45) is 4.97. The summed E-state index contributed by atoms with van der Waals surface area (Å²) < 4.78 is 1.66. The molecule has 0 saturated carbocycles. The second-order valence-corrected chi connectivity index (χ2v) is 7.38. The number of thiazole rings is 1. The Kier molecular flexibility index (Phi) is 4.91. The molecular formula is C18H16ClN5O2S. The van der Waals surface area contributed by atoms with Crippen molar-refractivity contribution in [3.63, 3.8) is 0 Å². The minimum atomic E-state index is -0.213. The molecule has 2 amide bonds. The maximum atomic E-state index is 12.5. The van der Waals surface area contributed by atoms with E-state index in [-0.39, 0.29) is 18.2 Å². The van der Waals surface area contributed by atoms with Crippen molar-refractivity contribution in [2.24, 2.45) is 0 Å². The van der Waals surface area contributed by atoms with E-state index < -0.39 is 0 Å². The van der Waals surface area contributed by atoms with Gasteiger partial charge in [0.05, 0.1) is 23.5 Å². The van der Waals surface area contributed by atoms with Crippen LogP contribution in [-0.4, -0.2) is 33.1 Å². The molecule has 1 aliphatic heterocycles. The fourth-order valence-corrected chi connectivity index (χ4v) is 3.97. The predicted molar refractivity (Wildman–Crippen MR) is 105 cm³/mol. The first kappa shape index (κ1) is 17.7. The standard InChI is InChI=1S/C18H16ClN5O2S/c19-12-4-5-15(24-8-2-6-20-24)14(9-12)22-16(25)10-13-11-27-18(21-13)23-7-1-3-17(23)26/h2,4-6,8-9,11H,1,3,7,10H2,(H,22,25). The van der Waals surface area contributed by atoms with E-state index in [4.69, 9.17) is 11.6 Å². The smallest absolute Gasteiger partial charge is 0.230 e. The maximum Gasteiger partial charge on any atom is 0.230 e. The summed E-state index contributed by atoms with van der Waals surface area (Å²) in [5.74, 6) is -0.126. The van der Waals surface area contributed by atoms with E-state index in [1.54, 1.807) is 46.2 Å². The van der Waals surface area contributed by atoms with Gasteiger partial charge in [0.15, 0.2) is 5.13 Å². The number of aromatic nitrogens is 3. The maximum absolute atomic E-state index is 12.5. The lowest BCUT2D eigenvalue weighted by atomic mass is 10.2. The number of hydrogen-bond acceptors (Lipinski definition) is 5. The molecule has 9 heteroatoms. The zero-order chi connectivity index (χ0) is 18.8. The van der Waals surface area contributed by atoms with Crippen LogP contribution in [0.4, 0.5) is 10.8 Å². The molecule has 0 atom stereocenters. The molecule has 0 spiro atoms. The second kappa shape index (κ2) is 7.50. The van der Waals surface area contributed by atoms with Crippen LogP contribution < -0.4 is 10.2 Å². The lowest BCUT2D eigenvalue weighted by Gasteiger charge is -2.12. The summed E-state index contributed by atoms with van der Waals surface area (Å²) in [6.45, 7) is 0.688. The number of anilines is 2. The van der Waals surface area contributed by atoms with E-state index in [1.165, 1.54) is 11.3 Å². The highest BCUT2D eigenvalue weighted by Gasteiger charge is 2.24. The first-order valence-corrected chi connectivity index (χ1v) is 9.70. The number of benzene rings is 1. The number of nitrogens with zero attached hydrogens (tertiary/aromatic N) is 4. The highest BCUT2D eigenvalue weighted by Crippen LogP contribution is 2.27. The SMILES string of the molecule is O=C(Cc1csc(N2CCCC2=O)n1)Nc1cc(Cl)ccc1-n1cccn1. The summed E-state index contributed by atoms with van der Waals surface area (Å²) in [6, 6.07) is 7.03. The lowest BCUT2D eigenvalue weighted by Crippen LogP contribution is -2.23. The fourth-order valence-electron chi connectivity index (χ4n) is 2.93. The number of nitrogens with one attached hydrogen (secondary N) is 1. The zero-order valence-electron chi connectivity index (χ0n) is 14.3. The van der Waals surface area contributed by atoms with E-state index in [9.17, 15) is 9.59 Å². The van der Waals surface area contributed by atoms with E-state index in [1.807, 2.05) is 5.38 Å². The van der Waals surface area contributed by atoms with Crippen LogP contribution >= 0.6 is 22.9 Å². The van der Waals surface area contributed by atoms with Gasteiger partial charge < -0.3 is 5.32 Å². The van der Waals surface area contributed by atoms with Crippen molar-refractivity contribution in [1.29, 1.82) is 0 Å². The molecule has 27 heavy (non-hydrogen) atoms.